The van der Waals surface area contributed by atoms with Crippen molar-refractivity contribution in [3.05, 3.63) is 41.1 Å². The Labute approximate surface area is 152 Å². The molecule has 1 aliphatic heterocycles. The summed E-state index contributed by atoms with van der Waals surface area (Å²) >= 11 is -2.21. The minimum absolute atomic E-state index is 0.221. The Bertz CT molecular complexity index is 684. The minimum atomic E-state index is -1.74. The van der Waals surface area contributed by atoms with Crippen LogP contribution in [-0.4, -0.2) is 6.75 Å². The second-order valence-electron chi connectivity index (χ2n) is 5.21. The van der Waals surface area contributed by atoms with E-state index in [1.54, 1.807) is 0 Å². The van der Waals surface area contributed by atoms with Crippen LogP contribution in [0.1, 0.15) is 27.7 Å². The summed E-state index contributed by atoms with van der Waals surface area (Å²) in [7, 11) is 0. The average molecular weight is 551 g/mol. The van der Waals surface area contributed by atoms with Crippen molar-refractivity contribution in [2.45, 2.75) is 27.7 Å². The van der Waals surface area contributed by atoms with E-state index >= 15 is 0 Å². The van der Waals surface area contributed by atoms with E-state index in [0.717, 1.165) is 6.89 Å². The van der Waals surface area contributed by atoms with E-state index in [4.69, 9.17) is 13.1 Å². The molecule has 1 rings (SSSR count). The number of hydrogen-bond acceptors (Lipinski definition) is 2. The molecule has 1 heterocycles. The van der Waals surface area contributed by atoms with Crippen molar-refractivity contribution in [2.75, 3.05) is 0 Å². The first kappa shape index (κ1) is 18.9. The Hall–Kier alpha value is -1.18. The van der Waals surface area contributed by atoms with Crippen molar-refractivity contribution in [1.82, 2.24) is 0 Å². The van der Waals surface area contributed by atoms with Gasteiger partial charge in [0.25, 0.3) is 0 Å². The first-order valence-electron chi connectivity index (χ1n) is 6.68. The molecule has 6 heteroatoms. The standard InChI is InChI=1S/2C8H7N2.U.V/c2*1-7(2)4-5-8(6-9)10-3;;/h2*7H,1-2H3;;. The van der Waals surface area contributed by atoms with Crippen LogP contribution in [0.4, 0.5) is 0 Å². The zero-order valence-electron chi connectivity index (χ0n) is 12.9. The maximum absolute atomic E-state index is 9.26. The van der Waals surface area contributed by atoms with Crippen LogP contribution >= 0.6 is 0 Å². The summed E-state index contributed by atoms with van der Waals surface area (Å²) in [6.07, 6.45) is 0. The molecule has 0 aromatic heterocycles. The van der Waals surface area contributed by atoms with Gasteiger partial charge >= 0.3 is 153 Å². The van der Waals surface area contributed by atoms with Gasteiger partial charge in [-0.3, -0.25) is 0 Å². The van der Waals surface area contributed by atoms with Gasteiger partial charge in [-0.05, 0) is 0 Å². The van der Waals surface area contributed by atoms with Gasteiger partial charge in [0, 0.05) is 0 Å². The Morgan fingerprint density at radius 3 is 1.95 bits per heavy atom. The van der Waals surface area contributed by atoms with Crippen molar-refractivity contribution in [3.63, 3.8) is 0 Å². The third-order valence-corrected chi connectivity index (χ3v) is 16.1. The molecule has 0 amide bonds. The fourth-order valence-electron chi connectivity index (χ4n) is 1.96. The van der Waals surface area contributed by atoms with Gasteiger partial charge in [-0.25, -0.2) is 0 Å². The Balaban J connectivity index is 3.84. The molecule has 0 unspecified atom stereocenters. The van der Waals surface area contributed by atoms with Crippen molar-refractivity contribution < 1.29 is 43.1 Å². The SMILES string of the molecule is [C-]#[N+]/C(C#N)=[C]1[U]=[C](C(C)C)/[C](=C(/C#N)[N+]#[C-])[V]=[C]\1C(C)C. The molecule has 107 valence electrons. The second kappa shape index (κ2) is 8.45. The van der Waals surface area contributed by atoms with E-state index in [0.29, 0.717) is 0 Å². The molecule has 0 spiro atoms. The molecule has 0 aliphatic carbocycles. The first-order valence-corrected chi connectivity index (χ1v) is 12.2. The molecule has 0 bridgehead atoms. The molecule has 22 heavy (non-hydrogen) atoms. The van der Waals surface area contributed by atoms with Gasteiger partial charge < -0.3 is 0 Å². The van der Waals surface area contributed by atoms with Crippen LogP contribution in [0.3, 0.4) is 0 Å². The molecular weight excluding hydrogens is 537 g/mol. The Morgan fingerprint density at radius 1 is 1.05 bits per heavy atom. The molecule has 0 atom stereocenters. The summed E-state index contributed by atoms with van der Waals surface area (Å²) in [5.74, 6) is 0.533. The van der Waals surface area contributed by atoms with Crippen molar-refractivity contribution in [2.24, 2.45) is 11.8 Å². The summed E-state index contributed by atoms with van der Waals surface area (Å²) < 4.78 is 4.41. The number of nitriles is 2. The van der Waals surface area contributed by atoms with Crippen LogP contribution in [0.25, 0.3) is 9.69 Å². The van der Waals surface area contributed by atoms with Gasteiger partial charge in [0.05, 0.1) is 0 Å². The Kier molecular flexibility index (Phi) is 7.24. The summed E-state index contributed by atoms with van der Waals surface area (Å²) in [5.41, 5.74) is 0.464. The van der Waals surface area contributed by atoms with Crippen LogP contribution in [0.5, 0.6) is 0 Å². The maximum atomic E-state index is 9.26. The summed E-state index contributed by atoms with van der Waals surface area (Å²) in [5, 5.41) is 18.5. The third-order valence-electron chi connectivity index (χ3n) is 3.02. The third kappa shape index (κ3) is 3.96. The zero-order valence-corrected chi connectivity index (χ0v) is 18.5. The molecule has 0 saturated heterocycles. The number of rotatable bonds is 2. The molecule has 0 fully saturated rings. The van der Waals surface area contributed by atoms with E-state index in [-0.39, 0.29) is 23.2 Å². The van der Waals surface area contributed by atoms with E-state index in [9.17, 15) is 10.5 Å². The van der Waals surface area contributed by atoms with Crippen LogP contribution in [0.2, 0.25) is 0 Å². The summed E-state index contributed by atoms with van der Waals surface area (Å²) in [4.78, 5) is 6.84. The molecule has 0 saturated carbocycles. The number of allylic oxidation sites excluding steroid dienone is 4. The van der Waals surface area contributed by atoms with Crippen LogP contribution in [0, 0.1) is 74.9 Å². The predicted molar refractivity (Wildman–Crippen MR) is 78.2 cm³/mol. The van der Waals surface area contributed by atoms with Gasteiger partial charge in [0.1, 0.15) is 0 Å². The molecule has 4 nitrogen and oxygen atoms in total. The van der Waals surface area contributed by atoms with E-state index in [1.807, 2.05) is 6.07 Å². The topological polar surface area (TPSA) is 56.3 Å². The van der Waals surface area contributed by atoms with Crippen LogP contribution in [0.15, 0.2) is 18.3 Å². The van der Waals surface area contributed by atoms with Crippen LogP contribution in [-0.2, 0) is 15.8 Å². The number of hydrogen-bond donors (Lipinski definition) is 0. The monoisotopic (exact) mass is 551 g/mol. The number of nitrogens with zero attached hydrogens (tertiary/aromatic N) is 4. The Morgan fingerprint density at radius 2 is 1.59 bits per heavy atom. The van der Waals surface area contributed by atoms with E-state index in [1.165, 1.54) is 6.75 Å². The van der Waals surface area contributed by atoms with Crippen molar-refractivity contribution in [1.29, 1.82) is 10.5 Å². The molecule has 1 aliphatic rings. The molecule has 0 aromatic carbocycles. The summed E-state index contributed by atoms with van der Waals surface area (Å²) in [6, 6.07) is 4.10. The zero-order chi connectivity index (χ0) is 16.9. The molecule has 0 aromatic rings. The van der Waals surface area contributed by atoms with Gasteiger partial charge in [0.15, 0.2) is 0 Å². The summed E-state index contributed by atoms with van der Waals surface area (Å²) in [6.45, 7) is 22.8. The molecule has 0 N–H and O–H groups in total. The van der Waals surface area contributed by atoms with Gasteiger partial charge in [-0.2, -0.15) is 0 Å². The molecular formula is C16H14N4UV. The average Bonchev–Trinajstić information content (AvgIpc) is 2.49. The quantitative estimate of drug-likeness (QED) is 0.392. The second-order valence-corrected chi connectivity index (χ2v) is 12.4. The van der Waals surface area contributed by atoms with Gasteiger partial charge in [-0.15, -0.1) is 0 Å². The van der Waals surface area contributed by atoms with Crippen molar-refractivity contribution in [3.8, 4) is 12.1 Å². The van der Waals surface area contributed by atoms with Crippen molar-refractivity contribution >= 4 is 6.75 Å². The normalized spacial score (nSPS) is 18.1. The van der Waals surface area contributed by atoms with Gasteiger partial charge in [-0.1, -0.05) is 0 Å². The van der Waals surface area contributed by atoms with Gasteiger partial charge in [0.2, 0.25) is 0 Å². The van der Waals surface area contributed by atoms with Crippen LogP contribution < -0.4 is 0 Å². The molecule has 0 radical (unpaired) electrons. The fourth-order valence-corrected chi connectivity index (χ4v) is 13.5. The first-order chi connectivity index (χ1) is 10.4. The van der Waals surface area contributed by atoms with E-state index < -0.39 is 43.1 Å². The predicted octanol–water partition coefficient (Wildman–Crippen LogP) is 3.13. The van der Waals surface area contributed by atoms with E-state index in [2.05, 4.69) is 43.5 Å². The fraction of sp³-hybridized carbons (Fsp3) is 0.375.